The van der Waals surface area contributed by atoms with E-state index in [-0.39, 0.29) is 0 Å². The summed E-state index contributed by atoms with van der Waals surface area (Å²) in [7, 11) is 6.20. The van der Waals surface area contributed by atoms with Crippen LogP contribution in [0.1, 0.15) is 0 Å². The van der Waals surface area contributed by atoms with Gasteiger partial charge in [0.25, 0.3) is 0 Å². The second-order valence-corrected chi connectivity index (χ2v) is 3.76. The highest BCUT2D eigenvalue weighted by molar-refractivity contribution is 5.78. The molecule has 0 fully saturated rings. The predicted molar refractivity (Wildman–Crippen MR) is 59.5 cm³/mol. The zero-order chi connectivity index (χ0) is 10.1. The average molecular weight is 187 g/mol. The monoisotopic (exact) mass is 187 g/mol. The molecule has 0 aliphatic rings. The first-order valence-corrected chi connectivity index (χ1v) is 4.74. The molecule has 0 aliphatic carbocycles. The summed E-state index contributed by atoms with van der Waals surface area (Å²) in [6, 6.07) is 10.6. The number of hydrogen-bond acceptors (Lipinski definition) is 1. The summed E-state index contributed by atoms with van der Waals surface area (Å²) in [5.74, 6) is 0. The number of para-hydroxylation sites is 1. The second-order valence-electron chi connectivity index (χ2n) is 3.76. The van der Waals surface area contributed by atoms with Crippen molar-refractivity contribution in [3.8, 4) is 0 Å². The van der Waals surface area contributed by atoms with Crippen LogP contribution in [-0.4, -0.2) is 14.1 Å². The summed E-state index contributed by atoms with van der Waals surface area (Å²) in [6.07, 6.45) is 2.14. The number of nitrogens with zero attached hydrogens (tertiary/aromatic N) is 2. The molecule has 0 aliphatic heterocycles. The summed E-state index contributed by atoms with van der Waals surface area (Å²) >= 11 is 0. The highest BCUT2D eigenvalue weighted by Crippen LogP contribution is 2.15. The van der Waals surface area contributed by atoms with Gasteiger partial charge in [-0.05, 0) is 12.1 Å². The zero-order valence-corrected chi connectivity index (χ0v) is 8.86. The van der Waals surface area contributed by atoms with Crippen LogP contribution in [0.3, 0.4) is 0 Å². The topological polar surface area (TPSA) is 7.12 Å². The van der Waals surface area contributed by atoms with E-state index in [0.717, 1.165) is 0 Å². The lowest BCUT2D eigenvalue weighted by Crippen LogP contribution is -2.30. The number of anilines is 1. The van der Waals surface area contributed by atoms with Gasteiger partial charge in [-0.3, -0.25) is 0 Å². The molecule has 1 aromatic heterocycles. The molecular weight excluding hydrogens is 172 g/mol. The van der Waals surface area contributed by atoms with E-state index in [4.69, 9.17) is 0 Å². The third-order valence-electron chi connectivity index (χ3n) is 2.46. The number of aryl methyl sites for hydroxylation is 1. The lowest BCUT2D eigenvalue weighted by Gasteiger charge is -2.10. The van der Waals surface area contributed by atoms with Gasteiger partial charge < -0.3 is 4.90 Å². The van der Waals surface area contributed by atoms with E-state index in [1.807, 2.05) is 0 Å². The summed E-state index contributed by atoms with van der Waals surface area (Å²) in [6.45, 7) is 0. The highest BCUT2D eigenvalue weighted by Gasteiger charge is 2.07. The molecule has 0 amide bonds. The Bertz CT molecular complexity index is 461. The molecule has 2 heteroatoms. The lowest BCUT2D eigenvalue weighted by atomic mass is 10.2. The van der Waals surface area contributed by atoms with E-state index in [1.54, 1.807) is 0 Å². The van der Waals surface area contributed by atoms with Crippen molar-refractivity contribution < 1.29 is 4.57 Å². The van der Waals surface area contributed by atoms with Crippen molar-refractivity contribution in [1.29, 1.82) is 0 Å². The van der Waals surface area contributed by atoms with Gasteiger partial charge in [-0.25, -0.2) is 0 Å². The third-order valence-corrected chi connectivity index (χ3v) is 2.46. The van der Waals surface area contributed by atoms with Crippen molar-refractivity contribution in [2.75, 3.05) is 19.0 Å². The Morgan fingerprint density at radius 3 is 2.57 bits per heavy atom. The first kappa shape index (κ1) is 9.00. The van der Waals surface area contributed by atoms with Crippen LogP contribution in [0.5, 0.6) is 0 Å². The fourth-order valence-corrected chi connectivity index (χ4v) is 1.64. The number of benzene rings is 1. The van der Waals surface area contributed by atoms with Crippen LogP contribution < -0.4 is 9.47 Å². The summed E-state index contributed by atoms with van der Waals surface area (Å²) in [5, 5.41) is 1.28. The van der Waals surface area contributed by atoms with Gasteiger partial charge in [-0.15, -0.1) is 0 Å². The maximum Gasteiger partial charge on any atom is 0.212 e. The van der Waals surface area contributed by atoms with Crippen LogP contribution in [0.2, 0.25) is 0 Å². The molecule has 0 unspecified atom stereocenters. The average Bonchev–Trinajstić information content (AvgIpc) is 2.17. The molecule has 0 bridgehead atoms. The van der Waals surface area contributed by atoms with E-state index in [1.165, 1.54) is 16.6 Å². The molecule has 0 saturated heterocycles. The maximum atomic E-state index is 2.20. The van der Waals surface area contributed by atoms with Crippen molar-refractivity contribution in [3.05, 3.63) is 36.5 Å². The SMILES string of the molecule is CN(C)c1cc2ccccc2[n+](C)c1. The minimum atomic E-state index is 1.23. The second kappa shape index (κ2) is 3.29. The molecule has 2 aromatic rings. The van der Waals surface area contributed by atoms with E-state index in [9.17, 15) is 0 Å². The first-order valence-electron chi connectivity index (χ1n) is 4.74. The molecular formula is C12H15N2+. The summed E-state index contributed by atoms with van der Waals surface area (Å²) in [5.41, 5.74) is 2.49. The maximum absolute atomic E-state index is 2.20. The summed E-state index contributed by atoms with van der Waals surface area (Å²) in [4.78, 5) is 2.12. The molecule has 0 radical (unpaired) electrons. The number of hydrogen-bond donors (Lipinski definition) is 0. The normalized spacial score (nSPS) is 10.5. The van der Waals surface area contributed by atoms with Crippen LogP contribution in [0.4, 0.5) is 5.69 Å². The smallest absolute Gasteiger partial charge is 0.212 e. The van der Waals surface area contributed by atoms with Crippen LogP contribution in [0, 0.1) is 0 Å². The lowest BCUT2D eigenvalue weighted by molar-refractivity contribution is -0.644. The van der Waals surface area contributed by atoms with Crippen molar-refractivity contribution in [2.45, 2.75) is 0 Å². The Labute approximate surface area is 84.4 Å². The molecule has 0 saturated carbocycles. The van der Waals surface area contributed by atoms with Gasteiger partial charge in [-0.2, -0.15) is 4.57 Å². The third kappa shape index (κ3) is 1.43. The number of aromatic nitrogens is 1. The van der Waals surface area contributed by atoms with Crippen molar-refractivity contribution in [1.82, 2.24) is 0 Å². The fourth-order valence-electron chi connectivity index (χ4n) is 1.64. The van der Waals surface area contributed by atoms with Gasteiger partial charge in [0.2, 0.25) is 5.52 Å². The Hall–Kier alpha value is -1.57. The van der Waals surface area contributed by atoms with Gasteiger partial charge >= 0.3 is 0 Å². The summed E-state index contributed by atoms with van der Waals surface area (Å²) < 4.78 is 2.16. The van der Waals surface area contributed by atoms with Gasteiger partial charge in [0.1, 0.15) is 12.7 Å². The molecule has 0 spiro atoms. The molecule has 72 valence electrons. The van der Waals surface area contributed by atoms with Crippen LogP contribution >= 0.6 is 0 Å². The molecule has 1 aromatic carbocycles. The fraction of sp³-hybridized carbons (Fsp3) is 0.250. The Kier molecular flexibility index (Phi) is 2.12. The van der Waals surface area contributed by atoms with E-state index >= 15 is 0 Å². The number of pyridine rings is 1. The van der Waals surface area contributed by atoms with E-state index < -0.39 is 0 Å². The Morgan fingerprint density at radius 2 is 1.86 bits per heavy atom. The predicted octanol–water partition coefficient (Wildman–Crippen LogP) is 1.73. The van der Waals surface area contributed by atoms with Crippen LogP contribution in [-0.2, 0) is 7.05 Å². The van der Waals surface area contributed by atoms with E-state index in [0.29, 0.717) is 0 Å². The van der Waals surface area contributed by atoms with Gasteiger partial charge in [0.15, 0.2) is 6.20 Å². The van der Waals surface area contributed by atoms with E-state index in [2.05, 4.69) is 67.1 Å². The number of fused-ring (bicyclic) bond motifs is 1. The Balaban J connectivity index is 2.72. The molecule has 1 heterocycles. The quantitative estimate of drug-likeness (QED) is 0.617. The minimum Gasteiger partial charge on any atom is -0.373 e. The highest BCUT2D eigenvalue weighted by atomic mass is 15.1. The van der Waals surface area contributed by atoms with Crippen LogP contribution in [0.15, 0.2) is 36.5 Å². The molecule has 2 nitrogen and oxygen atoms in total. The van der Waals surface area contributed by atoms with Gasteiger partial charge in [-0.1, -0.05) is 12.1 Å². The Morgan fingerprint density at radius 1 is 1.14 bits per heavy atom. The van der Waals surface area contributed by atoms with Crippen molar-refractivity contribution in [2.24, 2.45) is 7.05 Å². The van der Waals surface area contributed by atoms with Gasteiger partial charge in [0, 0.05) is 25.5 Å². The molecule has 2 rings (SSSR count). The zero-order valence-electron chi connectivity index (χ0n) is 8.86. The van der Waals surface area contributed by atoms with Crippen LogP contribution in [0.25, 0.3) is 10.9 Å². The molecule has 0 N–H and O–H groups in total. The van der Waals surface area contributed by atoms with Crippen molar-refractivity contribution in [3.63, 3.8) is 0 Å². The standard InChI is InChI=1S/C12H15N2/c1-13(2)11-8-10-6-4-5-7-12(10)14(3)9-11/h4-9H,1-3H3/q+1. The largest absolute Gasteiger partial charge is 0.373 e. The number of rotatable bonds is 1. The minimum absolute atomic E-state index is 1.23. The van der Waals surface area contributed by atoms with Crippen molar-refractivity contribution >= 4 is 16.6 Å². The first-order chi connectivity index (χ1) is 6.68. The molecule has 0 atom stereocenters. The van der Waals surface area contributed by atoms with Gasteiger partial charge in [0.05, 0.1) is 0 Å². The molecule has 14 heavy (non-hydrogen) atoms.